The van der Waals surface area contributed by atoms with Gasteiger partial charge in [0.25, 0.3) is 0 Å². The monoisotopic (exact) mass is 329 g/mol. The highest BCUT2D eigenvalue weighted by Gasteiger charge is 2.43. The third-order valence-electron chi connectivity index (χ3n) is 5.77. The first-order valence-electron chi connectivity index (χ1n) is 9.16. The van der Waals surface area contributed by atoms with Crippen molar-refractivity contribution < 1.29 is 9.53 Å². The number of ether oxygens (including phenoxy) is 1. The van der Waals surface area contributed by atoms with Crippen LogP contribution in [0.2, 0.25) is 0 Å². The molecule has 24 heavy (non-hydrogen) atoms. The topological polar surface area (TPSA) is 44.8 Å². The minimum Gasteiger partial charge on any atom is -0.441 e. The molecule has 3 heterocycles. The van der Waals surface area contributed by atoms with Crippen LogP contribution in [0, 0.1) is 5.92 Å². The zero-order valence-corrected chi connectivity index (χ0v) is 14.2. The Labute approximate surface area is 144 Å². The van der Waals surface area contributed by atoms with Crippen molar-refractivity contribution in [2.75, 3.05) is 39.3 Å². The molecule has 3 fully saturated rings. The molecule has 1 amide bonds. The molecule has 0 saturated carbocycles. The van der Waals surface area contributed by atoms with E-state index in [0.717, 1.165) is 38.4 Å². The molecule has 3 aliphatic rings. The Balaban J connectivity index is 1.22. The maximum atomic E-state index is 11.3. The van der Waals surface area contributed by atoms with Crippen LogP contribution in [0.25, 0.3) is 0 Å². The van der Waals surface area contributed by atoms with Gasteiger partial charge in [-0.15, -0.1) is 0 Å². The summed E-state index contributed by atoms with van der Waals surface area (Å²) in [7, 11) is 0. The van der Waals surface area contributed by atoms with Crippen molar-refractivity contribution in [1.29, 1.82) is 0 Å². The maximum Gasteiger partial charge on any atom is 0.407 e. The van der Waals surface area contributed by atoms with Crippen LogP contribution in [0.5, 0.6) is 0 Å². The van der Waals surface area contributed by atoms with E-state index in [9.17, 15) is 4.79 Å². The molecule has 5 heteroatoms. The smallest absolute Gasteiger partial charge is 0.407 e. The maximum absolute atomic E-state index is 11.3. The van der Waals surface area contributed by atoms with E-state index in [1.807, 2.05) is 0 Å². The number of hydrogen-bond acceptors (Lipinski definition) is 4. The van der Waals surface area contributed by atoms with Crippen LogP contribution in [-0.4, -0.2) is 60.8 Å². The second kappa shape index (κ2) is 6.73. The van der Waals surface area contributed by atoms with Gasteiger partial charge in [0.1, 0.15) is 5.60 Å². The van der Waals surface area contributed by atoms with Crippen LogP contribution in [-0.2, 0) is 11.3 Å². The Morgan fingerprint density at radius 1 is 1.12 bits per heavy atom. The summed E-state index contributed by atoms with van der Waals surface area (Å²) < 4.78 is 5.51. The number of amides is 1. The van der Waals surface area contributed by atoms with E-state index in [0.29, 0.717) is 6.54 Å². The lowest BCUT2D eigenvalue weighted by atomic mass is 9.91. The van der Waals surface area contributed by atoms with Crippen LogP contribution in [0.4, 0.5) is 4.79 Å². The molecule has 1 aromatic carbocycles. The summed E-state index contributed by atoms with van der Waals surface area (Å²) in [4.78, 5) is 16.5. The van der Waals surface area contributed by atoms with E-state index in [1.54, 1.807) is 0 Å². The number of carbonyl (C=O) groups is 1. The van der Waals surface area contributed by atoms with E-state index in [-0.39, 0.29) is 11.7 Å². The van der Waals surface area contributed by atoms with E-state index in [4.69, 9.17) is 4.74 Å². The number of benzene rings is 1. The van der Waals surface area contributed by atoms with Gasteiger partial charge in [-0.3, -0.25) is 4.90 Å². The summed E-state index contributed by atoms with van der Waals surface area (Å²) in [5.41, 5.74) is 1.19. The van der Waals surface area contributed by atoms with Gasteiger partial charge in [0.05, 0.1) is 6.54 Å². The highest BCUT2D eigenvalue weighted by atomic mass is 16.6. The van der Waals surface area contributed by atoms with Gasteiger partial charge >= 0.3 is 6.09 Å². The standard InChI is InChI=1S/C19H27N3O2/c23-18-20-15-19(24-18)7-10-21(11-8-19)13-17-6-9-22(14-17)12-16-4-2-1-3-5-16/h1-5,17H,6-15H2,(H,20,23)/t17-/m1/s1. The molecule has 0 bridgehead atoms. The molecule has 0 radical (unpaired) electrons. The quantitative estimate of drug-likeness (QED) is 0.919. The van der Waals surface area contributed by atoms with Crippen LogP contribution >= 0.6 is 0 Å². The van der Waals surface area contributed by atoms with Gasteiger partial charge < -0.3 is 15.0 Å². The van der Waals surface area contributed by atoms with Gasteiger partial charge in [0, 0.05) is 45.6 Å². The molecule has 1 N–H and O–H groups in total. The van der Waals surface area contributed by atoms with Crippen molar-refractivity contribution in [1.82, 2.24) is 15.1 Å². The first-order chi connectivity index (χ1) is 11.7. The van der Waals surface area contributed by atoms with Crippen molar-refractivity contribution in [2.45, 2.75) is 31.4 Å². The number of rotatable bonds is 4. The van der Waals surface area contributed by atoms with Crippen molar-refractivity contribution in [2.24, 2.45) is 5.92 Å². The van der Waals surface area contributed by atoms with Crippen LogP contribution < -0.4 is 5.32 Å². The molecule has 0 aliphatic carbocycles. The molecule has 4 rings (SSSR count). The van der Waals surface area contributed by atoms with Gasteiger partial charge in [0.15, 0.2) is 0 Å². The number of piperidine rings is 1. The Bertz CT molecular complexity index is 569. The minimum absolute atomic E-state index is 0.220. The van der Waals surface area contributed by atoms with Crippen molar-refractivity contribution in [3.8, 4) is 0 Å². The molecular formula is C19H27N3O2. The fourth-order valence-electron chi connectivity index (χ4n) is 4.34. The predicted octanol–water partition coefficient (Wildman–Crippen LogP) is 2.08. The summed E-state index contributed by atoms with van der Waals surface area (Å²) in [6.45, 7) is 7.44. The molecule has 3 aliphatic heterocycles. The molecule has 1 spiro atoms. The largest absolute Gasteiger partial charge is 0.441 e. The van der Waals surface area contributed by atoms with E-state index >= 15 is 0 Å². The molecule has 0 unspecified atom stereocenters. The Morgan fingerprint density at radius 2 is 1.92 bits per heavy atom. The minimum atomic E-state index is -0.240. The lowest BCUT2D eigenvalue weighted by Crippen LogP contribution is -2.47. The van der Waals surface area contributed by atoms with Gasteiger partial charge in [-0.25, -0.2) is 4.79 Å². The van der Waals surface area contributed by atoms with E-state index in [2.05, 4.69) is 45.4 Å². The summed E-state index contributed by atoms with van der Waals surface area (Å²) >= 11 is 0. The number of nitrogens with zero attached hydrogens (tertiary/aromatic N) is 2. The van der Waals surface area contributed by atoms with Crippen LogP contribution in [0.15, 0.2) is 30.3 Å². The molecule has 1 atom stereocenters. The van der Waals surface area contributed by atoms with Gasteiger partial charge in [0.2, 0.25) is 0 Å². The van der Waals surface area contributed by atoms with Crippen molar-refractivity contribution >= 4 is 6.09 Å². The lowest BCUT2D eigenvalue weighted by Gasteiger charge is -2.38. The zero-order valence-electron chi connectivity index (χ0n) is 14.2. The number of likely N-dealkylation sites (tertiary alicyclic amines) is 2. The molecule has 1 aromatic rings. The second-order valence-electron chi connectivity index (χ2n) is 7.60. The highest BCUT2D eigenvalue weighted by molar-refractivity contribution is 5.70. The molecule has 130 valence electrons. The zero-order chi connectivity index (χ0) is 16.4. The summed E-state index contributed by atoms with van der Waals surface area (Å²) in [6, 6.07) is 10.8. The molecule has 5 nitrogen and oxygen atoms in total. The van der Waals surface area contributed by atoms with Crippen molar-refractivity contribution in [3.05, 3.63) is 35.9 Å². The number of carbonyl (C=O) groups excluding carboxylic acids is 1. The molecule has 3 saturated heterocycles. The fourth-order valence-corrected chi connectivity index (χ4v) is 4.34. The van der Waals surface area contributed by atoms with Crippen LogP contribution in [0.1, 0.15) is 24.8 Å². The predicted molar refractivity (Wildman–Crippen MR) is 92.7 cm³/mol. The van der Waals surface area contributed by atoms with Crippen molar-refractivity contribution in [3.63, 3.8) is 0 Å². The molecular weight excluding hydrogens is 302 g/mol. The fraction of sp³-hybridized carbons (Fsp3) is 0.632. The van der Waals surface area contributed by atoms with Gasteiger partial charge in [-0.2, -0.15) is 0 Å². The van der Waals surface area contributed by atoms with E-state index < -0.39 is 0 Å². The van der Waals surface area contributed by atoms with Crippen LogP contribution in [0.3, 0.4) is 0 Å². The summed E-state index contributed by atoms with van der Waals surface area (Å²) in [5, 5.41) is 2.81. The average molecular weight is 329 g/mol. The summed E-state index contributed by atoms with van der Waals surface area (Å²) in [6.07, 6.45) is 2.99. The second-order valence-corrected chi connectivity index (χ2v) is 7.60. The normalized spacial score (nSPS) is 27.3. The Kier molecular flexibility index (Phi) is 4.46. The highest BCUT2D eigenvalue weighted by Crippen LogP contribution is 2.30. The third kappa shape index (κ3) is 3.57. The van der Waals surface area contributed by atoms with Gasteiger partial charge in [-0.05, 0) is 24.4 Å². The third-order valence-corrected chi connectivity index (χ3v) is 5.77. The SMILES string of the molecule is O=C1NCC2(CCN(C[C@H]3CCN(Cc4ccccc4)C3)CC2)O1. The number of nitrogens with one attached hydrogen (secondary N) is 1. The molecule has 0 aromatic heterocycles. The van der Waals surface area contributed by atoms with Gasteiger partial charge in [-0.1, -0.05) is 30.3 Å². The van der Waals surface area contributed by atoms with E-state index in [1.165, 1.54) is 31.6 Å². The number of alkyl carbamates (subject to hydrolysis) is 1. The first kappa shape index (κ1) is 15.9. The lowest BCUT2D eigenvalue weighted by molar-refractivity contribution is -0.00216. The summed E-state index contributed by atoms with van der Waals surface area (Å²) in [5.74, 6) is 0.770. The average Bonchev–Trinajstić information content (AvgIpc) is 3.18. The Hall–Kier alpha value is -1.59. The Morgan fingerprint density at radius 3 is 2.62 bits per heavy atom. The number of hydrogen-bond donors (Lipinski definition) is 1. The first-order valence-corrected chi connectivity index (χ1v) is 9.16.